The minimum absolute atomic E-state index is 0.0810. The average Bonchev–Trinajstić information content (AvgIpc) is 2.29. The topological polar surface area (TPSA) is 93.5 Å². The Hall–Kier alpha value is -1.95. The van der Waals surface area contributed by atoms with Gasteiger partial charge in [0.2, 0.25) is 5.91 Å². The summed E-state index contributed by atoms with van der Waals surface area (Å²) in [7, 11) is 0. The van der Waals surface area contributed by atoms with E-state index in [4.69, 9.17) is 11.5 Å². The highest BCUT2D eigenvalue weighted by atomic mass is 32.1. The van der Waals surface area contributed by atoms with Crippen molar-refractivity contribution in [1.82, 2.24) is 5.43 Å². The van der Waals surface area contributed by atoms with E-state index < -0.39 is 0 Å². The molecule has 1 rings (SSSR count). The second kappa shape index (κ2) is 6.59. The standard InChI is InChI=1S/C11H14N4OS/c12-10(16)7-6-9(14-15-11(13)17)8-4-2-1-3-5-8/h1-5H,6-7H2,(H2,12,16)(H3,13,15,17)/b14-9+. The first-order valence-electron chi connectivity index (χ1n) is 5.05. The van der Waals surface area contributed by atoms with Gasteiger partial charge in [0.05, 0.1) is 5.71 Å². The molecule has 0 aliphatic carbocycles. The lowest BCUT2D eigenvalue weighted by atomic mass is 10.1. The molecule has 1 aromatic carbocycles. The van der Waals surface area contributed by atoms with E-state index >= 15 is 0 Å². The summed E-state index contributed by atoms with van der Waals surface area (Å²) in [6, 6.07) is 9.45. The van der Waals surface area contributed by atoms with Crippen molar-refractivity contribution in [1.29, 1.82) is 0 Å². The molecule has 1 aromatic rings. The zero-order chi connectivity index (χ0) is 12.7. The predicted molar refractivity (Wildman–Crippen MR) is 71.3 cm³/mol. The second-order valence-electron chi connectivity index (χ2n) is 3.37. The molecule has 0 aromatic heterocycles. The van der Waals surface area contributed by atoms with Crippen LogP contribution < -0.4 is 16.9 Å². The van der Waals surface area contributed by atoms with Crippen molar-refractivity contribution in [2.75, 3.05) is 0 Å². The Morgan fingerprint density at radius 1 is 1.24 bits per heavy atom. The first kappa shape index (κ1) is 13.1. The predicted octanol–water partition coefficient (Wildman–Crippen LogP) is 0.489. The monoisotopic (exact) mass is 250 g/mol. The number of nitrogens with one attached hydrogen (secondary N) is 1. The summed E-state index contributed by atoms with van der Waals surface area (Å²) < 4.78 is 0. The molecular formula is C11H14N4OS. The van der Waals surface area contributed by atoms with Gasteiger partial charge in [-0.15, -0.1) is 0 Å². The third-order valence-corrected chi connectivity index (χ3v) is 2.11. The summed E-state index contributed by atoms with van der Waals surface area (Å²) >= 11 is 4.67. The molecule has 0 aliphatic rings. The molecule has 1 amide bonds. The molecule has 0 saturated heterocycles. The van der Waals surface area contributed by atoms with Crippen molar-refractivity contribution in [3.05, 3.63) is 35.9 Å². The molecule has 0 heterocycles. The van der Waals surface area contributed by atoms with Crippen LogP contribution in [0.3, 0.4) is 0 Å². The minimum Gasteiger partial charge on any atom is -0.375 e. The summed E-state index contributed by atoms with van der Waals surface area (Å²) in [4.78, 5) is 10.8. The van der Waals surface area contributed by atoms with E-state index in [1.807, 2.05) is 30.3 Å². The summed E-state index contributed by atoms with van der Waals surface area (Å²) in [6.07, 6.45) is 0.668. The van der Waals surface area contributed by atoms with E-state index in [0.29, 0.717) is 12.1 Å². The maximum absolute atomic E-state index is 10.8. The van der Waals surface area contributed by atoms with Crippen molar-refractivity contribution in [3.8, 4) is 0 Å². The fourth-order valence-electron chi connectivity index (χ4n) is 1.26. The van der Waals surface area contributed by atoms with Gasteiger partial charge in [-0.25, -0.2) is 0 Å². The first-order chi connectivity index (χ1) is 8.09. The Bertz CT molecular complexity index is 430. The quantitative estimate of drug-likeness (QED) is 0.403. The lowest BCUT2D eigenvalue weighted by Gasteiger charge is -2.06. The zero-order valence-corrected chi connectivity index (χ0v) is 10.0. The molecule has 0 radical (unpaired) electrons. The maximum Gasteiger partial charge on any atom is 0.217 e. The molecule has 5 nitrogen and oxygen atoms in total. The Kier molecular flexibility index (Phi) is 5.09. The summed E-state index contributed by atoms with van der Waals surface area (Å²) in [5.74, 6) is -0.371. The molecule has 5 N–H and O–H groups in total. The van der Waals surface area contributed by atoms with Gasteiger partial charge >= 0.3 is 0 Å². The Labute approximate surface area is 105 Å². The Morgan fingerprint density at radius 3 is 2.41 bits per heavy atom. The number of primary amides is 1. The van der Waals surface area contributed by atoms with Gasteiger partial charge < -0.3 is 11.5 Å². The van der Waals surface area contributed by atoms with Gasteiger partial charge in [-0.05, 0) is 17.8 Å². The van der Waals surface area contributed by atoms with E-state index in [1.54, 1.807) is 0 Å². The number of carbonyl (C=O) groups excluding carboxylic acids is 1. The van der Waals surface area contributed by atoms with Crippen LogP contribution in [-0.4, -0.2) is 16.7 Å². The second-order valence-corrected chi connectivity index (χ2v) is 3.81. The number of hydrazone groups is 1. The van der Waals surface area contributed by atoms with Crippen LogP contribution in [0.2, 0.25) is 0 Å². The van der Waals surface area contributed by atoms with Crippen LogP contribution in [0.15, 0.2) is 35.4 Å². The van der Waals surface area contributed by atoms with Crippen LogP contribution >= 0.6 is 12.2 Å². The van der Waals surface area contributed by atoms with Crippen LogP contribution in [-0.2, 0) is 4.79 Å². The SMILES string of the molecule is NC(=O)CC/C(=N\NC(N)=S)c1ccccc1. The summed E-state index contributed by atoms with van der Waals surface area (Å²) in [5.41, 5.74) is 14.5. The van der Waals surface area contributed by atoms with Gasteiger partial charge in [-0.3, -0.25) is 10.2 Å². The van der Waals surface area contributed by atoms with Crippen molar-refractivity contribution in [2.45, 2.75) is 12.8 Å². The average molecular weight is 250 g/mol. The molecule has 17 heavy (non-hydrogen) atoms. The van der Waals surface area contributed by atoms with E-state index in [-0.39, 0.29) is 17.4 Å². The van der Waals surface area contributed by atoms with Crippen LogP contribution in [0.4, 0.5) is 0 Å². The van der Waals surface area contributed by atoms with Crippen LogP contribution in [0, 0.1) is 0 Å². The molecule has 90 valence electrons. The van der Waals surface area contributed by atoms with Crippen LogP contribution in [0.25, 0.3) is 0 Å². The van der Waals surface area contributed by atoms with Gasteiger partial charge in [0, 0.05) is 12.8 Å². The van der Waals surface area contributed by atoms with E-state index in [9.17, 15) is 4.79 Å². The fourth-order valence-corrected chi connectivity index (χ4v) is 1.31. The smallest absolute Gasteiger partial charge is 0.217 e. The maximum atomic E-state index is 10.8. The number of nitrogens with zero attached hydrogens (tertiary/aromatic N) is 1. The van der Waals surface area contributed by atoms with Crippen molar-refractivity contribution >= 4 is 28.9 Å². The number of amides is 1. The van der Waals surface area contributed by atoms with E-state index in [1.165, 1.54) is 0 Å². The number of hydrogen-bond donors (Lipinski definition) is 3. The molecule has 0 saturated carbocycles. The van der Waals surface area contributed by atoms with Crippen molar-refractivity contribution in [3.63, 3.8) is 0 Å². The van der Waals surface area contributed by atoms with Gasteiger partial charge in [0.15, 0.2) is 5.11 Å². The largest absolute Gasteiger partial charge is 0.375 e. The fraction of sp³-hybridized carbons (Fsp3) is 0.182. The Morgan fingerprint density at radius 2 is 1.88 bits per heavy atom. The normalized spacial score (nSPS) is 10.9. The molecule has 0 bridgehead atoms. The Balaban J connectivity index is 2.82. The van der Waals surface area contributed by atoms with Gasteiger partial charge in [-0.1, -0.05) is 30.3 Å². The highest BCUT2D eigenvalue weighted by Crippen LogP contribution is 2.06. The number of nitrogens with two attached hydrogens (primary N) is 2. The molecule has 0 spiro atoms. The van der Waals surface area contributed by atoms with Crippen molar-refractivity contribution < 1.29 is 4.79 Å². The lowest BCUT2D eigenvalue weighted by molar-refractivity contribution is -0.117. The molecule has 0 fully saturated rings. The van der Waals surface area contributed by atoms with Gasteiger partial charge in [0.25, 0.3) is 0 Å². The third-order valence-electron chi connectivity index (χ3n) is 2.02. The van der Waals surface area contributed by atoms with Crippen LogP contribution in [0.5, 0.6) is 0 Å². The van der Waals surface area contributed by atoms with E-state index in [2.05, 4.69) is 22.7 Å². The summed E-state index contributed by atoms with van der Waals surface area (Å²) in [6.45, 7) is 0. The molecule has 0 atom stereocenters. The molecular weight excluding hydrogens is 236 g/mol. The van der Waals surface area contributed by atoms with Gasteiger partial charge in [-0.2, -0.15) is 5.10 Å². The lowest BCUT2D eigenvalue weighted by Crippen LogP contribution is -2.26. The number of carbonyl (C=O) groups is 1. The summed E-state index contributed by atoms with van der Waals surface area (Å²) in [5, 5.41) is 4.14. The zero-order valence-electron chi connectivity index (χ0n) is 9.22. The number of rotatable bonds is 5. The molecule has 0 unspecified atom stereocenters. The highest BCUT2D eigenvalue weighted by Gasteiger charge is 2.05. The minimum atomic E-state index is -0.371. The van der Waals surface area contributed by atoms with Crippen LogP contribution in [0.1, 0.15) is 18.4 Å². The number of thiocarbonyl (C=S) groups is 1. The van der Waals surface area contributed by atoms with Gasteiger partial charge in [0.1, 0.15) is 0 Å². The number of hydrogen-bond acceptors (Lipinski definition) is 3. The first-order valence-corrected chi connectivity index (χ1v) is 5.46. The van der Waals surface area contributed by atoms with E-state index in [0.717, 1.165) is 5.56 Å². The number of benzene rings is 1. The molecule has 6 heteroatoms. The molecule has 0 aliphatic heterocycles. The third kappa shape index (κ3) is 5.07. The van der Waals surface area contributed by atoms with Crippen molar-refractivity contribution in [2.24, 2.45) is 16.6 Å². The highest BCUT2D eigenvalue weighted by molar-refractivity contribution is 7.80.